The van der Waals surface area contributed by atoms with E-state index < -0.39 is 0 Å². The normalized spacial score (nSPS) is 10.6. The minimum Gasteiger partial charge on any atom is -0.355 e. The number of benzene rings is 1. The fourth-order valence-corrected chi connectivity index (χ4v) is 1.98. The first-order valence-corrected chi connectivity index (χ1v) is 6.81. The molecule has 0 spiro atoms. The standard InChI is InChI=1S/C16H20FN3/c1-3-18-11-15-5-4-6-16(19-15)20(2)12-13-7-9-14(17)10-8-13/h4-10,18H,3,11-12H2,1-2H3. The lowest BCUT2D eigenvalue weighted by molar-refractivity contribution is 0.627. The molecular formula is C16H20FN3. The van der Waals surface area contributed by atoms with Gasteiger partial charge in [0.2, 0.25) is 0 Å². The van der Waals surface area contributed by atoms with Crippen LogP contribution in [0.25, 0.3) is 0 Å². The minimum atomic E-state index is -0.206. The molecule has 1 N–H and O–H groups in total. The molecule has 0 atom stereocenters. The summed E-state index contributed by atoms with van der Waals surface area (Å²) in [5.74, 6) is 0.715. The average Bonchev–Trinajstić information content (AvgIpc) is 2.48. The van der Waals surface area contributed by atoms with Crippen molar-refractivity contribution in [3.63, 3.8) is 0 Å². The maximum atomic E-state index is 12.9. The highest BCUT2D eigenvalue weighted by Crippen LogP contribution is 2.13. The Morgan fingerprint density at radius 2 is 1.90 bits per heavy atom. The lowest BCUT2D eigenvalue weighted by Gasteiger charge is -2.19. The van der Waals surface area contributed by atoms with Crippen molar-refractivity contribution in [2.24, 2.45) is 0 Å². The van der Waals surface area contributed by atoms with E-state index in [0.29, 0.717) is 6.54 Å². The molecule has 0 aliphatic heterocycles. The summed E-state index contributed by atoms with van der Waals surface area (Å²) >= 11 is 0. The van der Waals surface area contributed by atoms with Crippen LogP contribution in [0.15, 0.2) is 42.5 Å². The zero-order valence-electron chi connectivity index (χ0n) is 11.9. The lowest BCUT2D eigenvalue weighted by atomic mass is 10.2. The van der Waals surface area contributed by atoms with Crippen molar-refractivity contribution in [3.05, 3.63) is 59.5 Å². The zero-order valence-corrected chi connectivity index (χ0v) is 11.9. The topological polar surface area (TPSA) is 28.2 Å². The van der Waals surface area contributed by atoms with E-state index in [2.05, 4.69) is 22.1 Å². The van der Waals surface area contributed by atoms with Crippen molar-refractivity contribution in [2.45, 2.75) is 20.0 Å². The molecule has 0 amide bonds. The fraction of sp³-hybridized carbons (Fsp3) is 0.312. The molecule has 1 aromatic carbocycles. The van der Waals surface area contributed by atoms with Gasteiger partial charge in [-0.2, -0.15) is 0 Å². The predicted octanol–water partition coefficient (Wildman–Crippen LogP) is 2.97. The summed E-state index contributed by atoms with van der Waals surface area (Å²) in [5.41, 5.74) is 2.09. The Hall–Kier alpha value is -1.94. The summed E-state index contributed by atoms with van der Waals surface area (Å²) in [6, 6.07) is 12.6. The molecule has 20 heavy (non-hydrogen) atoms. The Morgan fingerprint density at radius 1 is 1.15 bits per heavy atom. The molecule has 2 rings (SSSR count). The van der Waals surface area contributed by atoms with Gasteiger partial charge >= 0.3 is 0 Å². The van der Waals surface area contributed by atoms with Gasteiger partial charge in [0, 0.05) is 20.1 Å². The molecule has 0 radical (unpaired) electrons. The van der Waals surface area contributed by atoms with Crippen molar-refractivity contribution < 1.29 is 4.39 Å². The average molecular weight is 273 g/mol. The van der Waals surface area contributed by atoms with Crippen LogP contribution in [0.4, 0.5) is 10.2 Å². The molecule has 0 saturated heterocycles. The van der Waals surface area contributed by atoms with E-state index in [1.54, 1.807) is 12.1 Å². The first-order chi connectivity index (χ1) is 9.69. The largest absolute Gasteiger partial charge is 0.355 e. The summed E-state index contributed by atoms with van der Waals surface area (Å²) in [5, 5.41) is 3.26. The molecule has 0 saturated carbocycles. The number of hydrogen-bond acceptors (Lipinski definition) is 3. The van der Waals surface area contributed by atoms with E-state index in [-0.39, 0.29) is 5.82 Å². The summed E-state index contributed by atoms with van der Waals surface area (Å²) in [6.45, 7) is 4.48. The van der Waals surface area contributed by atoms with E-state index in [4.69, 9.17) is 0 Å². The fourth-order valence-electron chi connectivity index (χ4n) is 1.98. The van der Waals surface area contributed by atoms with Crippen LogP contribution in [0.3, 0.4) is 0 Å². The summed E-state index contributed by atoms with van der Waals surface area (Å²) < 4.78 is 12.9. The van der Waals surface area contributed by atoms with Crippen molar-refractivity contribution in [3.8, 4) is 0 Å². The SMILES string of the molecule is CCNCc1cccc(N(C)Cc2ccc(F)cc2)n1. The van der Waals surface area contributed by atoms with Crippen molar-refractivity contribution in [2.75, 3.05) is 18.5 Å². The summed E-state index contributed by atoms with van der Waals surface area (Å²) in [6.07, 6.45) is 0. The van der Waals surface area contributed by atoms with Crippen LogP contribution < -0.4 is 10.2 Å². The van der Waals surface area contributed by atoms with Crippen LogP contribution >= 0.6 is 0 Å². The molecule has 4 heteroatoms. The van der Waals surface area contributed by atoms with Gasteiger partial charge in [-0.25, -0.2) is 9.37 Å². The molecule has 1 aromatic heterocycles. The highest BCUT2D eigenvalue weighted by Gasteiger charge is 2.05. The Morgan fingerprint density at radius 3 is 2.60 bits per heavy atom. The Bertz CT molecular complexity index is 540. The molecule has 0 unspecified atom stereocenters. The highest BCUT2D eigenvalue weighted by atomic mass is 19.1. The van der Waals surface area contributed by atoms with Gasteiger partial charge in [-0.3, -0.25) is 0 Å². The van der Waals surface area contributed by atoms with Gasteiger partial charge in [-0.05, 0) is 36.4 Å². The van der Waals surface area contributed by atoms with Crippen LogP contribution in [-0.4, -0.2) is 18.6 Å². The predicted molar refractivity (Wildman–Crippen MR) is 80.1 cm³/mol. The zero-order chi connectivity index (χ0) is 14.4. The smallest absolute Gasteiger partial charge is 0.128 e. The van der Waals surface area contributed by atoms with E-state index in [1.165, 1.54) is 12.1 Å². The maximum Gasteiger partial charge on any atom is 0.128 e. The van der Waals surface area contributed by atoms with E-state index >= 15 is 0 Å². The second-order valence-corrected chi connectivity index (χ2v) is 4.75. The summed E-state index contributed by atoms with van der Waals surface area (Å²) in [4.78, 5) is 6.67. The number of aromatic nitrogens is 1. The first kappa shape index (κ1) is 14.5. The van der Waals surface area contributed by atoms with Crippen molar-refractivity contribution >= 4 is 5.82 Å². The van der Waals surface area contributed by atoms with Gasteiger partial charge in [-0.1, -0.05) is 25.1 Å². The monoisotopic (exact) mass is 273 g/mol. The Balaban J connectivity index is 2.04. The molecule has 2 aromatic rings. The Kier molecular flexibility index (Phi) is 5.07. The number of halogens is 1. The quantitative estimate of drug-likeness (QED) is 0.877. The van der Waals surface area contributed by atoms with Gasteiger partial charge in [0.25, 0.3) is 0 Å². The third kappa shape index (κ3) is 4.03. The molecule has 0 aliphatic carbocycles. The van der Waals surface area contributed by atoms with E-state index in [9.17, 15) is 4.39 Å². The minimum absolute atomic E-state index is 0.206. The number of nitrogens with one attached hydrogen (secondary N) is 1. The van der Waals surface area contributed by atoms with Crippen molar-refractivity contribution in [1.82, 2.24) is 10.3 Å². The number of anilines is 1. The second kappa shape index (κ2) is 7.01. The van der Waals surface area contributed by atoms with Crippen LogP contribution in [0.2, 0.25) is 0 Å². The van der Waals surface area contributed by atoms with Gasteiger partial charge in [0.15, 0.2) is 0 Å². The molecule has 106 valence electrons. The Labute approximate surface area is 119 Å². The van der Waals surface area contributed by atoms with Gasteiger partial charge in [-0.15, -0.1) is 0 Å². The third-order valence-corrected chi connectivity index (χ3v) is 3.07. The van der Waals surface area contributed by atoms with Crippen molar-refractivity contribution in [1.29, 1.82) is 0 Å². The molecule has 0 aliphatic rings. The van der Waals surface area contributed by atoms with E-state index in [1.807, 2.05) is 25.2 Å². The molecule has 1 heterocycles. The highest BCUT2D eigenvalue weighted by molar-refractivity contribution is 5.39. The molecule has 0 fully saturated rings. The number of nitrogens with zero attached hydrogens (tertiary/aromatic N) is 2. The third-order valence-electron chi connectivity index (χ3n) is 3.07. The lowest BCUT2D eigenvalue weighted by Crippen LogP contribution is -2.19. The second-order valence-electron chi connectivity index (χ2n) is 4.75. The maximum absolute atomic E-state index is 12.9. The van der Waals surface area contributed by atoms with Crippen LogP contribution in [0.5, 0.6) is 0 Å². The molecule has 0 bridgehead atoms. The van der Waals surface area contributed by atoms with Gasteiger partial charge in [0.1, 0.15) is 11.6 Å². The van der Waals surface area contributed by atoms with Crippen LogP contribution in [0.1, 0.15) is 18.2 Å². The van der Waals surface area contributed by atoms with Crippen LogP contribution in [-0.2, 0) is 13.1 Å². The first-order valence-electron chi connectivity index (χ1n) is 6.81. The summed E-state index contributed by atoms with van der Waals surface area (Å²) in [7, 11) is 1.99. The van der Waals surface area contributed by atoms with Gasteiger partial charge < -0.3 is 10.2 Å². The number of hydrogen-bond donors (Lipinski definition) is 1. The molecular weight excluding hydrogens is 253 g/mol. The van der Waals surface area contributed by atoms with Gasteiger partial charge in [0.05, 0.1) is 5.69 Å². The van der Waals surface area contributed by atoms with E-state index in [0.717, 1.165) is 30.2 Å². The molecule has 3 nitrogen and oxygen atoms in total. The number of rotatable bonds is 6. The van der Waals surface area contributed by atoms with Crippen LogP contribution in [0, 0.1) is 5.82 Å². The number of pyridine rings is 1.